The first kappa shape index (κ1) is 16.8. The average molecular weight is 305 g/mol. The van der Waals surface area contributed by atoms with Crippen LogP contribution in [0, 0.1) is 19.8 Å². The number of rotatable bonds is 3. The van der Waals surface area contributed by atoms with E-state index in [0.29, 0.717) is 11.3 Å². The smallest absolute Gasteiger partial charge is 0.355 e. The zero-order valence-electron chi connectivity index (χ0n) is 14.3. The molecule has 1 N–H and O–H groups in total. The van der Waals surface area contributed by atoms with Crippen LogP contribution in [-0.2, 0) is 4.74 Å². The third kappa shape index (κ3) is 3.60. The highest BCUT2D eigenvalue weighted by Gasteiger charge is 2.29. The number of Topliss-reactive ketones (excluding diaryl/α,β-unsaturated/α-hetero) is 1. The molecule has 2 rings (SSSR count). The summed E-state index contributed by atoms with van der Waals surface area (Å²) in [5.74, 6) is -0.106. The van der Waals surface area contributed by atoms with Gasteiger partial charge in [-0.15, -0.1) is 0 Å². The summed E-state index contributed by atoms with van der Waals surface area (Å²) < 4.78 is 5.42. The van der Waals surface area contributed by atoms with E-state index in [1.54, 1.807) is 0 Å². The van der Waals surface area contributed by atoms with E-state index in [9.17, 15) is 9.59 Å². The second kappa shape index (κ2) is 6.27. The van der Waals surface area contributed by atoms with E-state index >= 15 is 0 Å². The van der Waals surface area contributed by atoms with Crippen molar-refractivity contribution in [2.24, 2.45) is 5.92 Å². The second-order valence-corrected chi connectivity index (χ2v) is 7.33. The molecule has 0 aromatic carbocycles. The van der Waals surface area contributed by atoms with Crippen molar-refractivity contribution in [3.8, 4) is 0 Å². The van der Waals surface area contributed by atoms with Crippen LogP contribution < -0.4 is 0 Å². The van der Waals surface area contributed by atoms with Gasteiger partial charge in [-0.3, -0.25) is 4.79 Å². The van der Waals surface area contributed by atoms with Gasteiger partial charge in [-0.1, -0.05) is 19.3 Å². The van der Waals surface area contributed by atoms with Crippen LogP contribution in [-0.4, -0.2) is 22.3 Å². The fourth-order valence-electron chi connectivity index (χ4n) is 3.22. The molecule has 0 amide bonds. The van der Waals surface area contributed by atoms with Gasteiger partial charge in [-0.05, 0) is 53.0 Å². The van der Waals surface area contributed by atoms with Crippen molar-refractivity contribution < 1.29 is 14.3 Å². The van der Waals surface area contributed by atoms with Crippen LogP contribution in [0.3, 0.4) is 0 Å². The molecule has 1 fully saturated rings. The van der Waals surface area contributed by atoms with Crippen LogP contribution in [0.15, 0.2) is 0 Å². The molecular weight excluding hydrogens is 278 g/mol. The monoisotopic (exact) mass is 305 g/mol. The minimum Gasteiger partial charge on any atom is -0.455 e. The number of H-pyrrole nitrogens is 1. The van der Waals surface area contributed by atoms with Crippen LogP contribution in [0.1, 0.15) is 85.0 Å². The van der Waals surface area contributed by atoms with Crippen LogP contribution >= 0.6 is 0 Å². The SMILES string of the molecule is Cc1[nH]c(C(=O)OC(C)(C)C)c(C)c1C(=O)C1CCCCC1. The molecule has 0 unspecified atom stereocenters. The highest BCUT2D eigenvalue weighted by Crippen LogP contribution is 2.30. The Labute approximate surface area is 132 Å². The lowest BCUT2D eigenvalue weighted by Gasteiger charge is -2.21. The van der Waals surface area contributed by atoms with Gasteiger partial charge >= 0.3 is 5.97 Å². The van der Waals surface area contributed by atoms with E-state index < -0.39 is 11.6 Å². The first-order valence-electron chi connectivity index (χ1n) is 8.17. The summed E-state index contributed by atoms with van der Waals surface area (Å²) in [5, 5.41) is 0. The fourth-order valence-corrected chi connectivity index (χ4v) is 3.22. The maximum atomic E-state index is 12.8. The summed E-state index contributed by atoms with van der Waals surface area (Å²) >= 11 is 0. The second-order valence-electron chi connectivity index (χ2n) is 7.33. The molecule has 1 aliphatic rings. The van der Waals surface area contributed by atoms with Crippen molar-refractivity contribution in [3.63, 3.8) is 0 Å². The average Bonchev–Trinajstić information content (AvgIpc) is 2.72. The number of carbonyl (C=O) groups excluding carboxylic acids is 2. The number of ether oxygens (including phenoxy) is 1. The molecule has 1 aliphatic carbocycles. The van der Waals surface area contributed by atoms with Gasteiger partial charge in [-0.25, -0.2) is 4.79 Å². The van der Waals surface area contributed by atoms with E-state index in [2.05, 4.69) is 4.98 Å². The number of carbonyl (C=O) groups is 2. The molecule has 4 heteroatoms. The van der Waals surface area contributed by atoms with Crippen molar-refractivity contribution in [2.45, 2.75) is 72.3 Å². The van der Waals surface area contributed by atoms with Gasteiger partial charge < -0.3 is 9.72 Å². The standard InChI is InChI=1S/C18H27NO3/c1-11-14(16(20)13-9-7-6-8-10-13)12(2)19-15(11)17(21)22-18(3,4)5/h13,19H,6-10H2,1-5H3. The van der Waals surface area contributed by atoms with Crippen molar-refractivity contribution in [2.75, 3.05) is 0 Å². The van der Waals surface area contributed by atoms with Crippen LogP contribution in [0.4, 0.5) is 0 Å². The van der Waals surface area contributed by atoms with Gasteiger partial charge in [0.25, 0.3) is 0 Å². The maximum absolute atomic E-state index is 12.8. The quantitative estimate of drug-likeness (QED) is 0.667. The maximum Gasteiger partial charge on any atom is 0.355 e. The summed E-state index contributed by atoms with van der Waals surface area (Å²) in [4.78, 5) is 28.1. The Morgan fingerprint density at radius 3 is 2.23 bits per heavy atom. The van der Waals surface area contributed by atoms with Crippen LogP contribution in [0.2, 0.25) is 0 Å². The minimum absolute atomic E-state index is 0.105. The molecular formula is C18H27NO3. The van der Waals surface area contributed by atoms with Crippen molar-refractivity contribution in [3.05, 3.63) is 22.5 Å². The molecule has 22 heavy (non-hydrogen) atoms. The third-order valence-electron chi connectivity index (χ3n) is 4.26. The molecule has 0 bridgehead atoms. The Hall–Kier alpha value is -1.58. The van der Waals surface area contributed by atoms with Gasteiger partial charge in [0, 0.05) is 17.2 Å². The largest absolute Gasteiger partial charge is 0.455 e. The molecule has 122 valence electrons. The van der Waals surface area contributed by atoms with E-state index in [0.717, 1.165) is 36.9 Å². The number of aromatic nitrogens is 1. The zero-order valence-corrected chi connectivity index (χ0v) is 14.3. The number of hydrogen-bond acceptors (Lipinski definition) is 3. The van der Waals surface area contributed by atoms with E-state index in [1.807, 2.05) is 34.6 Å². The van der Waals surface area contributed by atoms with Gasteiger partial charge in [0.15, 0.2) is 5.78 Å². The highest BCUT2D eigenvalue weighted by atomic mass is 16.6. The summed E-state index contributed by atoms with van der Waals surface area (Å²) in [6.07, 6.45) is 5.39. The van der Waals surface area contributed by atoms with Crippen molar-refractivity contribution >= 4 is 11.8 Å². The Morgan fingerprint density at radius 2 is 1.68 bits per heavy atom. The lowest BCUT2D eigenvalue weighted by atomic mass is 9.83. The summed E-state index contributed by atoms with van der Waals surface area (Å²) in [6, 6.07) is 0. The number of esters is 1. The third-order valence-corrected chi connectivity index (χ3v) is 4.26. The van der Waals surface area contributed by atoms with Crippen molar-refractivity contribution in [1.82, 2.24) is 4.98 Å². The number of aryl methyl sites for hydroxylation is 1. The highest BCUT2D eigenvalue weighted by molar-refractivity contribution is 6.03. The molecule has 1 heterocycles. The summed E-state index contributed by atoms with van der Waals surface area (Å²) in [7, 11) is 0. The molecule has 0 saturated heterocycles. The van der Waals surface area contributed by atoms with Gasteiger partial charge in [-0.2, -0.15) is 0 Å². The molecule has 0 radical (unpaired) electrons. The minimum atomic E-state index is -0.546. The predicted molar refractivity (Wildman–Crippen MR) is 86.3 cm³/mol. The predicted octanol–water partition coefficient (Wildman–Crippen LogP) is 4.35. The Morgan fingerprint density at radius 1 is 1.09 bits per heavy atom. The van der Waals surface area contributed by atoms with Crippen LogP contribution in [0.5, 0.6) is 0 Å². The lowest BCUT2D eigenvalue weighted by molar-refractivity contribution is 0.00626. The molecule has 0 atom stereocenters. The van der Waals surface area contributed by atoms with Gasteiger partial charge in [0.2, 0.25) is 0 Å². The van der Waals surface area contributed by atoms with Gasteiger partial charge in [0.1, 0.15) is 11.3 Å². The van der Waals surface area contributed by atoms with Crippen molar-refractivity contribution in [1.29, 1.82) is 0 Å². The first-order chi connectivity index (χ1) is 10.2. The molecule has 4 nitrogen and oxygen atoms in total. The lowest BCUT2D eigenvalue weighted by Crippen LogP contribution is -2.24. The molecule has 0 spiro atoms. The molecule has 1 saturated carbocycles. The zero-order chi connectivity index (χ0) is 16.5. The Balaban J connectivity index is 2.26. The Kier molecular flexibility index (Phi) is 4.78. The number of aromatic amines is 1. The number of ketones is 1. The fraction of sp³-hybridized carbons (Fsp3) is 0.667. The normalized spacial score (nSPS) is 16.6. The summed E-state index contributed by atoms with van der Waals surface area (Å²) in [6.45, 7) is 9.20. The van der Waals surface area contributed by atoms with E-state index in [-0.39, 0.29) is 11.7 Å². The topological polar surface area (TPSA) is 59.2 Å². The van der Waals surface area contributed by atoms with E-state index in [1.165, 1.54) is 6.42 Å². The van der Waals surface area contributed by atoms with Crippen LogP contribution in [0.25, 0.3) is 0 Å². The molecule has 0 aliphatic heterocycles. The molecule has 1 aromatic rings. The van der Waals surface area contributed by atoms with E-state index in [4.69, 9.17) is 4.74 Å². The van der Waals surface area contributed by atoms with Gasteiger partial charge in [0.05, 0.1) is 0 Å². The number of hydrogen-bond donors (Lipinski definition) is 1. The molecule has 1 aromatic heterocycles. The Bertz CT molecular complexity index is 572. The number of nitrogens with one attached hydrogen (secondary N) is 1. The first-order valence-corrected chi connectivity index (χ1v) is 8.17. The summed E-state index contributed by atoms with van der Waals surface area (Å²) in [5.41, 5.74) is 2.05.